The average molecular weight is 333 g/mol. The predicted molar refractivity (Wildman–Crippen MR) is 94.4 cm³/mol. The Morgan fingerprint density at radius 3 is 2.92 bits per heavy atom. The minimum atomic E-state index is -0.138. The van der Waals surface area contributed by atoms with Crippen LogP contribution in [-0.2, 0) is 19.5 Å². The number of aromatic nitrogens is 3. The summed E-state index contributed by atoms with van der Waals surface area (Å²) >= 11 is 0. The molecule has 1 aliphatic heterocycles. The summed E-state index contributed by atoms with van der Waals surface area (Å²) in [6.07, 6.45) is 5.99. The molecule has 25 heavy (non-hydrogen) atoms. The van der Waals surface area contributed by atoms with E-state index in [4.69, 9.17) is 0 Å². The summed E-state index contributed by atoms with van der Waals surface area (Å²) in [6, 6.07) is 11.7. The largest absolute Gasteiger partial charge is 0.347 e. The lowest BCUT2D eigenvalue weighted by molar-refractivity contribution is 0.0943. The molecule has 1 aromatic carbocycles. The Morgan fingerprint density at radius 2 is 2.04 bits per heavy atom. The van der Waals surface area contributed by atoms with Crippen molar-refractivity contribution in [3.63, 3.8) is 0 Å². The third-order valence-corrected chi connectivity index (χ3v) is 4.46. The molecule has 4 rings (SSSR count). The molecule has 6 heteroatoms. The highest BCUT2D eigenvalue weighted by Crippen LogP contribution is 2.18. The second-order valence-electron chi connectivity index (χ2n) is 6.00. The number of carbonyl (C=O) groups excluding carboxylic acids is 1. The smallest absolute Gasteiger partial charge is 0.270 e. The zero-order chi connectivity index (χ0) is 17.1. The van der Waals surface area contributed by atoms with Gasteiger partial charge < -0.3 is 10.6 Å². The van der Waals surface area contributed by atoms with Crippen molar-refractivity contribution in [3.05, 3.63) is 77.4 Å². The SMILES string of the molecule is O=C(NCc1cccc2c1CCNC2)c1ccnn1-c1ccncc1. The van der Waals surface area contributed by atoms with Gasteiger partial charge in [-0.15, -0.1) is 0 Å². The van der Waals surface area contributed by atoms with Crippen molar-refractivity contribution < 1.29 is 4.79 Å². The number of hydrogen-bond donors (Lipinski definition) is 2. The van der Waals surface area contributed by atoms with Gasteiger partial charge in [-0.2, -0.15) is 5.10 Å². The number of amides is 1. The van der Waals surface area contributed by atoms with E-state index < -0.39 is 0 Å². The standard InChI is InChI=1S/C19H19N5O/c25-19(18-7-11-23-24(18)16-4-8-20-9-5-16)22-13-15-3-1-2-14-12-21-10-6-17(14)15/h1-5,7-9,11,21H,6,10,12-13H2,(H,22,25). The molecule has 126 valence electrons. The molecule has 0 saturated heterocycles. The number of fused-ring (bicyclic) bond motifs is 1. The van der Waals surface area contributed by atoms with Crippen molar-refractivity contribution in [1.82, 2.24) is 25.4 Å². The summed E-state index contributed by atoms with van der Waals surface area (Å²) in [5.41, 5.74) is 5.18. The van der Waals surface area contributed by atoms with Crippen LogP contribution in [0.5, 0.6) is 0 Å². The van der Waals surface area contributed by atoms with Gasteiger partial charge in [0, 0.05) is 25.5 Å². The molecule has 3 heterocycles. The normalized spacial score (nSPS) is 13.3. The Bertz CT molecular complexity index is 888. The van der Waals surface area contributed by atoms with E-state index in [0.717, 1.165) is 25.2 Å². The molecule has 3 aromatic rings. The maximum Gasteiger partial charge on any atom is 0.270 e. The molecule has 0 unspecified atom stereocenters. The van der Waals surface area contributed by atoms with Crippen molar-refractivity contribution in [2.24, 2.45) is 0 Å². The van der Waals surface area contributed by atoms with Crippen LogP contribution in [0.4, 0.5) is 0 Å². The summed E-state index contributed by atoms with van der Waals surface area (Å²) in [5, 5.41) is 10.7. The van der Waals surface area contributed by atoms with Gasteiger partial charge >= 0.3 is 0 Å². The van der Waals surface area contributed by atoms with Crippen LogP contribution in [0.3, 0.4) is 0 Å². The number of rotatable bonds is 4. The fourth-order valence-electron chi connectivity index (χ4n) is 3.21. The summed E-state index contributed by atoms with van der Waals surface area (Å²) in [5.74, 6) is -0.138. The van der Waals surface area contributed by atoms with Gasteiger partial charge in [0.15, 0.2) is 0 Å². The Hall–Kier alpha value is -2.99. The van der Waals surface area contributed by atoms with E-state index in [0.29, 0.717) is 12.2 Å². The van der Waals surface area contributed by atoms with Gasteiger partial charge in [-0.3, -0.25) is 9.78 Å². The minimum Gasteiger partial charge on any atom is -0.347 e. The summed E-state index contributed by atoms with van der Waals surface area (Å²) in [6.45, 7) is 2.39. The second kappa shape index (κ2) is 6.86. The fourth-order valence-corrected chi connectivity index (χ4v) is 3.21. The monoisotopic (exact) mass is 333 g/mol. The predicted octanol–water partition coefficient (Wildman–Crippen LogP) is 1.84. The third-order valence-electron chi connectivity index (χ3n) is 4.46. The van der Waals surface area contributed by atoms with E-state index >= 15 is 0 Å². The van der Waals surface area contributed by atoms with E-state index in [-0.39, 0.29) is 5.91 Å². The van der Waals surface area contributed by atoms with Gasteiger partial charge in [0.05, 0.1) is 11.9 Å². The molecular weight excluding hydrogens is 314 g/mol. The van der Waals surface area contributed by atoms with Gasteiger partial charge in [0.2, 0.25) is 0 Å². The molecule has 2 N–H and O–H groups in total. The van der Waals surface area contributed by atoms with E-state index in [1.807, 2.05) is 12.1 Å². The number of hydrogen-bond acceptors (Lipinski definition) is 4. The Balaban J connectivity index is 1.52. The number of pyridine rings is 1. The first-order valence-electron chi connectivity index (χ1n) is 8.36. The van der Waals surface area contributed by atoms with E-state index in [2.05, 4.69) is 38.9 Å². The fraction of sp³-hybridized carbons (Fsp3) is 0.211. The van der Waals surface area contributed by atoms with Gasteiger partial charge in [0.1, 0.15) is 5.69 Å². The molecule has 0 atom stereocenters. The Kier molecular flexibility index (Phi) is 4.26. The summed E-state index contributed by atoms with van der Waals surface area (Å²) < 4.78 is 1.63. The summed E-state index contributed by atoms with van der Waals surface area (Å²) in [4.78, 5) is 16.6. The first-order chi connectivity index (χ1) is 12.3. The summed E-state index contributed by atoms with van der Waals surface area (Å²) in [7, 11) is 0. The van der Waals surface area contributed by atoms with Crippen LogP contribution in [0.15, 0.2) is 55.0 Å². The van der Waals surface area contributed by atoms with E-state index in [9.17, 15) is 4.79 Å². The van der Waals surface area contributed by atoms with E-state index in [1.165, 1.54) is 16.7 Å². The zero-order valence-electron chi connectivity index (χ0n) is 13.8. The van der Waals surface area contributed by atoms with Crippen molar-refractivity contribution in [2.45, 2.75) is 19.5 Å². The number of nitrogens with one attached hydrogen (secondary N) is 2. The van der Waals surface area contributed by atoms with Crippen LogP contribution in [0.2, 0.25) is 0 Å². The molecule has 0 bridgehead atoms. The molecule has 0 fully saturated rings. The first-order valence-corrected chi connectivity index (χ1v) is 8.36. The Morgan fingerprint density at radius 1 is 1.16 bits per heavy atom. The lowest BCUT2D eigenvalue weighted by atomic mass is 9.95. The molecule has 6 nitrogen and oxygen atoms in total. The van der Waals surface area contributed by atoms with Crippen LogP contribution < -0.4 is 10.6 Å². The highest BCUT2D eigenvalue weighted by molar-refractivity contribution is 5.93. The second-order valence-corrected chi connectivity index (χ2v) is 6.00. The minimum absolute atomic E-state index is 0.138. The third kappa shape index (κ3) is 3.16. The number of nitrogens with zero attached hydrogens (tertiary/aromatic N) is 3. The lowest BCUT2D eigenvalue weighted by Gasteiger charge is -2.20. The maximum atomic E-state index is 12.6. The van der Waals surface area contributed by atoms with Crippen molar-refractivity contribution in [2.75, 3.05) is 6.54 Å². The van der Waals surface area contributed by atoms with Crippen LogP contribution in [0.1, 0.15) is 27.2 Å². The maximum absolute atomic E-state index is 12.6. The molecule has 1 aliphatic rings. The highest BCUT2D eigenvalue weighted by Gasteiger charge is 2.16. The van der Waals surface area contributed by atoms with Crippen LogP contribution in [0.25, 0.3) is 5.69 Å². The number of carbonyl (C=O) groups is 1. The first kappa shape index (κ1) is 15.5. The topological polar surface area (TPSA) is 71.8 Å². The van der Waals surface area contributed by atoms with Crippen molar-refractivity contribution in [1.29, 1.82) is 0 Å². The molecule has 2 aromatic heterocycles. The van der Waals surface area contributed by atoms with Gasteiger partial charge in [-0.05, 0) is 47.9 Å². The lowest BCUT2D eigenvalue weighted by Crippen LogP contribution is -2.28. The van der Waals surface area contributed by atoms with Crippen LogP contribution in [-0.4, -0.2) is 27.2 Å². The van der Waals surface area contributed by atoms with Crippen molar-refractivity contribution in [3.8, 4) is 5.69 Å². The van der Waals surface area contributed by atoms with Gasteiger partial charge in [0.25, 0.3) is 5.91 Å². The molecule has 0 radical (unpaired) electrons. The average Bonchev–Trinajstić information content (AvgIpc) is 3.17. The Labute approximate surface area is 145 Å². The molecule has 0 spiro atoms. The molecule has 0 saturated carbocycles. The molecular formula is C19H19N5O. The van der Waals surface area contributed by atoms with Crippen LogP contribution in [0, 0.1) is 0 Å². The van der Waals surface area contributed by atoms with Gasteiger partial charge in [-0.25, -0.2) is 4.68 Å². The number of benzene rings is 1. The molecule has 0 aliphatic carbocycles. The highest BCUT2D eigenvalue weighted by atomic mass is 16.2. The zero-order valence-corrected chi connectivity index (χ0v) is 13.8. The van der Waals surface area contributed by atoms with Gasteiger partial charge in [-0.1, -0.05) is 18.2 Å². The van der Waals surface area contributed by atoms with Crippen molar-refractivity contribution >= 4 is 5.91 Å². The quantitative estimate of drug-likeness (QED) is 0.764. The molecule has 1 amide bonds. The van der Waals surface area contributed by atoms with Crippen LogP contribution >= 0.6 is 0 Å². The van der Waals surface area contributed by atoms with E-state index in [1.54, 1.807) is 29.3 Å².